The Morgan fingerprint density at radius 3 is 2.73 bits per heavy atom. The Hall–Kier alpha value is -1.90. The second-order valence-corrected chi connectivity index (χ2v) is 3.34. The molecule has 0 amide bonds. The minimum absolute atomic E-state index is 0.0796. The number of ketones is 1. The van der Waals surface area contributed by atoms with Crippen LogP contribution in [0, 0.1) is 6.92 Å². The van der Waals surface area contributed by atoms with Crippen LogP contribution in [-0.2, 0) is 4.74 Å². The average molecular weight is 201 g/mol. The molecule has 0 radical (unpaired) electrons. The van der Waals surface area contributed by atoms with Crippen molar-refractivity contribution in [1.82, 2.24) is 0 Å². The number of hydrogen-bond donors (Lipinski definition) is 0. The van der Waals surface area contributed by atoms with Crippen LogP contribution in [0.1, 0.15) is 15.9 Å². The molecule has 1 aromatic rings. The van der Waals surface area contributed by atoms with Crippen molar-refractivity contribution in [1.29, 1.82) is 0 Å². The Morgan fingerprint density at radius 1 is 1.40 bits per heavy atom. The van der Waals surface area contributed by atoms with Crippen LogP contribution in [0.25, 0.3) is 0 Å². The van der Waals surface area contributed by atoms with E-state index in [9.17, 15) is 4.79 Å². The molecule has 0 unspecified atom stereocenters. The third-order valence-corrected chi connectivity index (χ3v) is 2.11. The van der Waals surface area contributed by atoms with Crippen molar-refractivity contribution in [2.75, 3.05) is 6.61 Å². The normalized spacial score (nSPS) is 16.7. The van der Waals surface area contributed by atoms with Crippen LogP contribution < -0.4 is 0 Å². The second-order valence-electron chi connectivity index (χ2n) is 3.34. The Balaban J connectivity index is 2.17. The smallest absolute Gasteiger partial charge is 0.217 e. The number of hydrogen-bond acceptors (Lipinski definition) is 3. The number of allylic oxidation sites excluding steroid dienone is 1. The maximum atomic E-state index is 11.7. The second kappa shape index (κ2) is 4.09. The number of carbonyl (C=O) groups excluding carboxylic acids is 1. The summed E-state index contributed by atoms with van der Waals surface area (Å²) in [5.41, 5.74) is 1.79. The van der Waals surface area contributed by atoms with E-state index in [0.29, 0.717) is 18.1 Å². The van der Waals surface area contributed by atoms with E-state index < -0.39 is 0 Å². The molecule has 76 valence electrons. The third kappa shape index (κ3) is 2.31. The molecule has 0 saturated carbocycles. The van der Waals surface area contributed by atoms with Gasteiger partial charge >= 0.3 is 0 Å². The molecule has 1 heterocycles. The van der Waals surface area contributed by atoms with Crippen LogP contribution in [-0.4, -0.2) is 18.6 Å². The largest absolute Gasteiger partial charge is 0.472 e. The van der Waals surface area contributed by atoms with E-state index in [4.69, 9.17) is 4.74 Å². The first-order valence-electron chi connectivity index (χ1n) is 4.74. The molecule has 0 aromatic heterocycles. The lowest BCUT2D eigenvalue weighted by Crippen LogP contribution is -1.96. The van der Waals surface area contributed by atoms with Crippen LogP contribution in [0.2, 0.25) is 0 Å². The highest BCUT2D eigenvalue weighted by Crippen LogP contribution is 2.09. The highest BCUT2D eigenvalue weighted by atomic mass is 16.5. The number of benzene rings is 1. The molecule has 1 aromatic carbocycles. The van der Waals surface area contributed by atoms with Gasteiger partial charge in [-0.15, -0.1) is 0 Å². The molecule has 15 heavy (non-hydrogen) atoms. The number of nitrogens with zero attached hydrogens (tertiary/aromatic N) is 1. The molecule has 1 aliphatic heterocycles. The van der Waals surface area contributed by atoms with Gasteiger partial charge in [-0.1, -0.05) is 29.8 Å². The number of ether oxygens (including phenoxy) is 1. The summed E-state index contributed by atoms with van der Waals surface area (Å²) in [5.74, 6) is 0.310. The van der Waals surface area contributed by atoms with Crippen molar-refractivity contribution in [3.05, 3.63) is 47.4 Å². The molecule has 0 atom stereocenters. The van der Waals surface area contributed by atoms with Gasteiger partial charge in [0.1, 0.15) is 6.61 Å². The molecule has 3 nitrogen and oxygen atoms in total. The summed E-state index contributed by atoms with van der Waals surface area (Å²) in [6.07, 6.45) is 3.04. The van der Waals surface area contributed by atoms with Crippen LogP contribution in [0.5, 0.6) is 0 Å². The highest BCUT2D eigenvalue weighted by molar-refractivity contribution is 6.04. The minimum atomic E-state index is -0.0796. The summed E-state index contributed by atoms with van der Waals surface area (Å²) in [6.45, 7) is 2.43. The van der Waals surface area contributed by atoms with Gasteiger partial charge in [0.15, 0.2) is 5.78 Å². The van der Waals surface area contributed by atoms with E-state index in [2.05, 4.69) is 4.99 Å². The van der Waals surface area contributed by atoms with Crippen LogP contribution in [0.3, 0.4) is 0 Å². The van der Waals surface area contributed by atoms with E-state index in [0.717, 1.165) is 5.56 Å². The molecule has 0 aliphatic carbocycles. The van der Waals surface area contributed by atoms with Crippen molar-refractivity contribution in [2.45, 2.75) is 6.92 Å². The first-order chi connectivity index (χ1) is 7.25. The molecular formula is C12H11NO2. The Kier molecular flexibility index (Phi) is 2.63. The van der Waals surface area contributed by atoms with Crippen LogP contribution in [0.15, 0.2) is 41.2 Å². The zero-order valence-electron chi connectivity index (χ0n) is 8.43. The summed E-state index contributed by atoms with van der Waals surface area (Å²) in [5, 5.41) is 0. The lowest BCUT2D eigenvalue weighted by atomic mass is 10.1. The highest BCUT2D eigenvalue weighted by Gasteiger charge is 2.07. The standard InChI is InChI=1S/C12H11NO2/c1-9-2-4-10(5-3-9)11(14)8-12-13-6-7-15-12/h2-6,8H,7H2,1H3. The zero-order chi connectivity index (χ0) is 10.7. The molecule has 0 fully saturated rings. The molecule has 0 spiro atoms. The van der Waals surface area contributed by atoms with E-state index in [-0.39, 0.29) is 5.78 Å². The molecule has 0 saturated heterocycles. The van der Waals surface area contributed by atoms with Gasteiger partial charge in [-0.25, -0.2) is 4.99 Å². The Labute approximate surface area is 88.1 Å². The summed E-state index contributed by atoms with van der Waals surface area (Å²) < 4.78 is 5.09. The summed E-state index contributed by atoms with van der Waals surface area (Å²) in [4.78, 5) is 15.6. The van der Waals surface area contributed by atoms with E-state index in [1.807, 2.05) is 19.1 Å². The summed E-state index contributed by atoms with van der Waals surface area (Å²) in [6, 6.07) is 7.41. The molecule has 0 N–H and O–H groups in total. The predicted octanol–water partition coefficient (Wildman–Crippen LogP) is 2.12. The van der Waals surface area contributed by atoms with Gasteiger partial charge in [0.05, 0.1) is 0 Å². The van der Waals surface area contributed by atoms with Gasteiger partial charge < -0.3 is 4.74 Å². The number of rotatable bonds is 2. The third-order valence-electron chi connectivity index (χ3n) is 2.11. The zero-order valence-corrected chi connectivity index (χ0v) is 8.43. The quantitative estimate of drug-likeness (QED) is 0.543. The number of carbonyl (C=O) groups is 1. The molecule has 3 heteroatoms. The summed E-state index contributed by atoms with van der Waals surface area (Å²) in [7, 11) is 0. The van der Waals surface area contributed by atoms with Gasteiger partial charge in [-0.05, 0) is 6.92 Å². The van der Waals surface area contributed by atoms with Crippen molar-refractivity contribution in [3.63, 3.8) is 0 Å². The fraction of sp³-hybridized carbons (Fsp3) is 0.167. The minimum Gasteiger partial charge on any atom is -0.472 e. The molecule has 0 bridgehead atoms. The SMILES string of the molecule is Cc1ccc(C(=O)C=C2N=CCO2)cc1. The van der Waals surface area contributed by atoms with Crippen molar-refractivity contribution < 1.29 is 9.53 Å². The lowest BCUT2D eigenvalue weighted by molar-refractivity contribution is 0.104. The first-order valence-corrected chi connectivity index (χ1v) is 4.74. The topological polar surface area (TPSA) is 38.7 Å². The predicted molar refractivity (Wildman–Crippen MR) is 58.0 cm³/mol. The van der Waals surface area contributed by atoms with Crippen LogP contribution >= 0.6 is 0 Å². The van der Waals surface area contributed by atoms with Gasteiger partial charge in [-0.3, -0.25) is 4.79 Å². The van der Waals surface area contributed by atoms with E-state index in [1.54, 1.807) is 18.3 Å². The molecule has 2 rings (SSSR count). The van der Waals surface area contributed by atoms with Crippen molar-refractivity contribution >= 4 is 12.0 Å². The van der Waals surface area contributed by atoms with Gasteiger partial charge in [-0.2, -0.15) is 0 Å². The number of aryl methyl sites for hydroxylation is 1. The maximum Gasteiger partial charge on any atom is 0.217 e. The number of aliphatic imine (C=N–C) groups is 1. The van der Waals surface area contributed by atoms with Crippen molar-refractivity contribution in [2.24, 2.45) is 4.99 Å². The molecular weight excluding hydrogens is 190 g/mol. The Morgan fingerprint density at radius 2 is 2.13 bits per heavy atom. The van der Waals surface area contributed by atoms with Gasteiger partial charge in [0, 0.05) is 17.9 Å². The van der Waals surface area contributed by atoms with Gasteiger partial charge in [0.25, 0.3) is 0 Å². The average Bonchev–Trinajstić information content (AvgIpc) is 2.71. The molecule has 1 aliphatic rings. The van der Waals surface area contributed by atoms with Crippen LogP contribution in [0.4, 0.5) is 0 Å². The fourth-order valence-corrected chi connectivity index (χ4v) is 1.28. The first kappa shape index (κ1) is 9.65. The van der Waals surface area contributed by atoms with Gasteiger partial charge in [0.2, 0.25) is 5.88 Å². The van der Waals surface area contributed by atoms with Crippen molar-refractivity contribution in [3.8, 4) is 0 Å². The monoisotopic (exact) mass is 201 g/mol. The van der Waals surface area contributed by atoms with E-state index >= 15 is 0 Å². The van der Waals surface area contributed by atoms with E-state index in [1.165, 1.54) is 6.08 Å². The maximum absolute atomic E-state index is 11.7. The summed E-state index contributed by atoms with van der Waals surface area (Å²) >= 11 is 0. The lowest BCUT2D eigenvalue weighted by Gasteiger charge is -1.98. The Bertz CT molecular complexity index is 429. The fourth-order valence-electron chi connectivity index (χ4n) is 1.28.